The summed E-state index contributed by atoms with van der Waals surface area (Å²) < 4.78 is 32.0. The van der Waals surface area contributed by atoms with Crippen LogP contribution in [0.5, 0.6) is 0 Å². The molecule has 6 nitrogen and oxygen atoms in total. The summed E-state index contributed by atoms with van der Waals surface area (Å²) in [5.74, 6) is 0. The molecule has 0 aliphatic carbocycles. The number of hydrogen-bond acceptors (Lipinski definition) is 6. The Labute approximate surface area is 123 Å². The van der Waals surface area contributed by atoms with Crippen molar-refractivity contribution in [3.8, 4) is 0 Å². The summed E-state index contributed by atoms with van der Waals surface area (Å²) in [6, 6.07) is 3.03. The molecule has 0 aromatic carbocycles. The van der Waals surface area contributed by atoms with Crippen LogP contribution in [0.1, 0.15) is 31.7 Å². The first-order valence-corrected chi connectivity index (χ1v) is 8.64. The van der Waals surface area contributed by atoms with E-state index in [1.165, 1.54) is 11.3 Å². The molecule has 1 atom stereocenters. The van der Waals surface area contributed by atoms with Crippen LogP contribution in [0.25, 0.3) is 0 Å². The molecule has 1 N–H and O–H groups in total. The second-order valence-electron chi connectivity index (χ2n) is 5.20. The highest BCUT2D eigenvalue weighted by molar-refractivity contribution is 7.85. The highest BCUT2D eigenvalue weighted by atomic mass is 32.2. The van der Waals surface area contributed by atoms with Gasteiger partial charge in [-0.1, -0.05) is 6.07 Å². The molecule has 1 rings (SSSR count). The summed E-state index contributed by atoms with van der Waals surface area (Å²) in [7, 11) is -3.57. The highest BCUT2D eigenvalue weighted by Gasteiger charge is 2.22. The van der Waals surface area contributed by atoms with Gasteiger partial charge in [0, 0.05) is 4.88 Å². The Morgan fingerprint density at radius 1 is 1.45 bits per heavy atom. The van der Waals surface area contributed by atoms with Gasteiger partial charge in [0.2, 0.25) is 0 Å². The normalized spacial score (nSPS) is 13.8. The topological polar surface area (TPSA) is 81.7 Å². The van der Waals surface area contributed by atoms with E-state index >= 15 is 0 Å². The smallest absolute Gasteiger partial charge is 0.408 e. The number of carbonyl (C=O) groups excluding carboxylic acids is 1. The SMILES string of the molecule is CC(C)(C)OC(=O)NC(COS(C)(=O)=O)c1cccs1. The lowest BCUT2D eigenvalue weighted by Gasteiger charge is -2.23. The molecule has 1 heterocycles. The van der Waals surface area contributed by atoms with Gasteiger partial charge in [-0.15, -0.1) is 11.3 Å². The second kappa shape index (κ2) is 6.55. The molecule has 8 heteroatoms. The van der Waals surface area contributed by atoms with Crippen LogP contribution in [0.15, 0.2) is 17.5 Å². The van der Waals surface area contributed by atoms with Crippen molar-refractivity contribution >= 4 is 27.5 Å². The van der Waals surface area contributed by atoms with Gasteiger partial charge in [-0.2, -0.15) is 8.42 Å². The fraction of sp³-hybridized carbons (Fsp3) is 0.583. The maximum absolute atomic E-state index is 11.8. The van der Waals surface area contributed by atoms with Crippen molar-refractivity contribution in [2.75, 3.05) is 12.9 Å². The van der Waals surface area contributed by atoms with Gasteiger partial charge in [0.15, 0.2) is 0 Å². The van der Waals surface area contributed by atoms with E-state index in [0.717, 1.165) is 11.1 Å². The molecular formula is C12H19NO5S2. The first-order chi connectivity index (χ1) is 9.07. The van der Waals surface area contributed by atoms with Crippen molar-refractivity contribution in [3.63, 3.8) is 0 Å². The van der Waals surface area contributed by atoms with Crippen molar-refractivity contribution in [3.05, 3.63) is 22.4 Å². The van der Waals surface area contributed by atoms with E-state index < -0.39 is 27.9 Å². The molecular weight excluding hydrogens is 302 g/mol. The van der Waals surface area contributed by atoms with Gasteiger partial charge >= 0.3 is 6.09 Å². The van der Waals surface area contributed by atoms with Gasteiger partial charge in [0.1, 0.15) is 5.60 Å². The molecule has 1 aromatic rings. The van der Waals surface area contributed by atoms with E-state index in [2.05, 4.69) is 5.32 Å². The van der Waals surface area contributed by atoms with E-state index in [0.29, 0.717) is 0 Å². The maximum atomic E-state index is 11.8. The molecule has 1 amide bonds. The maximum Gasteiger partial charge on any atom is 0.408 e. The van der Waals surface area contributed by atoms with Gasteiger partial charge in [-0.3, -0.25) is 4.18 Å². The van der Waals surface area contributed by atoms with Crippen LogP contribution in [-0.4, -0.2) is 33.0 Å². The Balaban J connectivity index is 2.71. The van der Waals surface area contributed by atoms with E-state index in [1.54, 1.807) is 26.8 Å². The first-order valence-electron chi connectivity index (χ1n) is 5.94. The van der Waals surface area contributed by atoms with E-state index in [1.807, 2.05) is 11.4 Å². The molecule has 0 fully saturated rings. The monoisotopic (exact) mass is 321 g/mol. The molecule has 0 aliphatic rings. The third kappa shape index (κ3) is 6.88. The van der Waals surface area contributed by atoms with E-state index in [-0.39, 0.29) is 6.61 Å². The average Bonchev–Trinajstić information content (AvgIpc) is 2.73. The van der Waals surface area contributed by atoms with E-state index in [9.17, 15) is 13.2 Å². The number of thiophene rings is 1. The molecule has 0 radical (unpaired) electrons. The third-order valence-corrected chi connectivity index (χ3v) is 3.58. The van der Waals surface area contributed by atoms with Crippen molar-refractivity contribution in [2.45, 2.75) is 32.4 Å². The van der Waals surface area contributed by atoms with Gasteiger partial charge in [-0.05, 0) is 32.2 Å². The molecule has 0 saturated carbocycles. The standard InChI is InChI=1S/C12H19NO5S2/c1-12(2,3)18-11(14)13-9(8-17-20(4,15)16)10-6-5-7-19-10/h5-7,9H,8H2,1-4H3,(H,13,14). The number of alkyl carbamates (subject to hydrolysis) is 1. The molecule has 0 spiro atoms. The van der Waals surface area contributed by atoms with E-state index in [4.69, 9.17) is 8.92 Å². The zero-order chi connectivity index (χ0) is 15.4. The Morgan fingerprint density at radius 3 is 2.55 bits per heavy atom. The Kier molecular flexibility index (Phi) is 5.55. The summed E-state index contributed by atoms with van der Waals surface area (Å²) in [5.41, 5.74) is -0.623. The lowest BCUT2D eigenvalue weighted by Crippen LogP contribution is -2.36. The number of carbonyl (C=O) groups is 1. The van der Waals surface area contributed by atoms with Crippen LogP contribution < -0.4 is 5.32 Å². The number of rotatable bonds is 5. The highest BCUT2D eigenvalue weighted by Crippen LogP contribution is 2.20. The summed E-state index contributed by atoms with van der Waals surface area (Å²) >= 11 is 1.40. The van der Waals surface area contributed by atoms with Crippen LogP contribution in [0, 0.1) is 0 Å². The summed E-state index contributed by atoms with van der Waals surface area (Å²) in [6.45, 7) is 5.08. The molecule has 1 unspecified atom stereocenters. The molecule has 0 aliphatic heterocycles. The Hall–Kier alpha value is -1.12. The first kappa shape index (κ1) is 16.9. The molecule has 0 bridgehead atoms. The van der Waals surface area contributed by atoms with Crippen molar-refractivity contribution in [1.82, 2.24) is 5.32 Å². The summed E-state index contributed by atoms with van der Waals surface area (Å²) in [5, 5.41) is 4.44. The van der Waals surface area contributed by atoms with Gasteiger partial charge < -0.3 is 10.1 Å². The minimum atomic E-state index is -3.57. The number of nitrogens with one attached hydrogen (secondary N) is 1. The van der Waals surface area contributed by atoms with Gasteiger partial charge in [0.25, 0.3) is 10.1 Å². The van der Waals surface area contributed by atoms with Crippen LogP contribution in [0.4, 0.5) is 4.79 Å². The Morgan fingerprint density at radius 2 is 2.10 bits per heavy atom. The fourth-order valence-corrected chi connectivity index (χ4v) is 2.47. The van der Waals surface area contributed by atoms with Gasteiger partial charge in [-0.25, -0.2) is 4.79 Å². The van der Waals surface area contributed by atoms with Crippen molar-refractivity contribution in [2.24, 2.45) is 0 Å². The van der Waals surface area contributed by atoms with Crippen LogP contribution >= 0.6 is 11.3 Å². The average molecular weight is 321 g/mol. The minimum Gasteiger partial charge on any atom is -0.444 e. The predicted molar refractivity (Wildman–Crippen MR) is 77.2 cm³/mol. The number of hydrogen-bond donors (Lipinski definition) is 1. The quantitative estimate of drug-likeness (QED) is 0.842. The second-order valence-corrected chi connectivity index (χ2v) is 7.83. The molecule has 114 valence electrons. The fourth-order valence-electron chi connectivity index (χ4n) is 1.33. The number of ether oxygens (including phenoxy) is 1. The predicted octanol–water partition coefficient (Wildman–Crippen LogP) is 2.29. The largest absolute Gasteiger partial charge is 0.444 e. The van der Waals surface area contributed by atoms with Crippen LogP contribution in [0.3, 0.4) is 0 Å². The third-order valence-electron chi connectivity index (χ3n) is 2.03. The van der Waals surface area contributed by atoms with Crippen LogP contribution in [0.2, 0.25) is 0 Å². The molecule has 20 heavy (non-hydrogen) atoms. The van der Waals surface area contributed by atoms with Crippen LogP contribution in [-0.2, 0) is 19.0 Å². The zero-order valence-electron chi connectivity index (χ0n) is 11.9. The lowest BCUT2D eigenvalue weighted by atomic mass is 10.2. The Bertz CT molecular complexity index is 531. The lowest BCUT2D eigenvalue weighted by molar-refractivity contribution is 0.0488. The molecule has 1 aromatic heterocycles. The molecule has 0 saturated heterocycles. The zero-order valence-corrected chi connectivity index (χ0v) is 13.5. The summed E-state index contributed by atoms with van der Waals surface area (Å²) in [4.78, 5) is 12.5. The van der Waals surface area contributed by atoms with Crippen molar-refractivity contribution in [1.29, 1.82) is 0 Å². The number of amides is 1. The summed E-state index contributed by atoms with van der Waals surface area (Å²) in [6.07, 6.45) is 0.347. The van der Waals surface area contributed by atoms with Crippen molar-refractivity contribution < 1.29 is 22.1 Å². The van der Waals surface area contributed by atoms with Gasteiger partial charge in [0.05, 0.1) is 18.9 Å². The minimum absolute atomic E-state index is 0.168.